The molecule has 0 spiro atoms. The van der Waals surface area contributed by atoms with Gasteiger partial charge in [0, 0.05) is 0 Å². The number of carbonyl (C=O) groups is 2. The molecule has 0 aromatic heterocycles. The third kappa shape index (κ3) is 4.58. The van der Waals surface area contributed by atoms with Gasteiger partial charge in [-0.3, -0.25) is 0 Å². The summed E-state index contributed by atoms with van der Waals surface area (Å²) >= 11 is 3.32. The molecule has 5 nitrogen and oxygen atoms in total. The second-order valence-electron chi connectivity index (χ2n) is 4.90. The van der Waals surface area contributed by atoms with Gasteiger partial charge in [-0.2, -0.15) is 0 Å². The number of methoxy groups -OCH3 is 1. The Morgan fingerprint density at radius 1 is 1.04 bits per heavy atom. The smallest absolute Gasteiger partial charge is 0.343 e. The fourth-order valence-corrected chi connectivity index (χ4v) is 2.46. The monoisotopic (exact) mass is 392 g/mol. The van der Waals surface area contributed by atoms with E-state index >= 15 is 0 Å². The van der Waals surface area contributed by atoms with Crippen molar-refractivity contribution >= 4 is 27.9 Å². The number of esters is 2. The SMILES string of the molecule is CCCOC(=O)c1cccc(OC(=O)c2ccc(OC)c(Br)c2)c1. The number of halogens is 1. The zero-order chi connectivity index (χ0) is 17.5. The van der Waals surface area contributed by atoms with Crippen molar-refractivity contribution < 1.29 is 23.8 Å². The van der Waals surface area contributed by atoms with Gasteiger partial charge < -0.3 is 14.2 Å². The molecule has 0 aliphatic carbocycles. The van der Waals surface area contributed by atoms with E-state index in [0.717, 1.165) is 6.42 Å². The molecule has 0 aliphatic heterocycles. The molecule has 0 saturated heterocycles. The Morgan fingerprint density at radius 3 is 2.46 bits per heavy atom. The molecule has 0 atom stereocenters. The summed E-state index contributed by atoms with van der Waals surface area (Å²) < 4.78 is 16.2. The molecule has 0 aliphatic rings. The summed E-state index contributed by atoms with van der Waals surface area (Å²) in [5.41, 5.74) is 0.700. The molecule has 126 valence electrons. The zero-order valence-corrected chi connectivity index (χ0v) is 15.0. The topological polar surface area (TPSA) is 61.8 Å². The van der Waals surface area contributed by atoms with Gasteiger partial charge in [0.2, 0.25) is 0 Å². The third-order valence-corrected chi connectivity index (χ3v) is 3.72. The minimum Gasteiger partial charge on any atom is -0.496 e. The van der Waals surface area contributed by atoms with Crippen LogP contribution in [0.1, 0.15) is 34.1 Å². The molecular weight excluding hydrogens is 376 g/mol. The van der Waals surface area contributed by atoms with Crippen LogP contribution in [-0.4, -0.2) is 25.7 Å². The lowest BCUT2D eigenvalue weighted by Gasteiger charge is -2.08. The largest absolute Gasteiger partial charge is 0.496 e. The van der Waals surface area contributed by atoms with E-state index in [0.29, 0.717) is 28.0 Å². The number of benzene rings is 2. The van der Waals surface area contributed by atoms with Gasteiger partial charge in [-0.15, -0.1) is 0 Å². The normalized spacial score (nSPS) is 10.1. The van der Waals surface area contributed by atoms with Crippen LogP contribution in [0.5, 0.6) is 11.5 Å². The first-order valence-electron chi connectivity index (χ1n) is 7.38. The lowest BCUT2D eigenvalue weighted by Crippen LogP contribution is -2.10. The van der Waals surface area contributed by atoms with E-state index in [9.17, 15) is 9.59 Å². The highest BCUT2D eigenvalue weighted by molar-refractivity contribution is 9.10. The molecule has 2 aromatic rings. The molecule has 0 amide bonds. The number of carbonyl (C=O) groups excluding carboxylic acids is 2. The first kappa shape index (κ1) is 18.0. The first-order valence-corrected chi connectivity index (χ1v) is 8.17. The van der Waals surface area contributed by atoms with E-state index < -0.39 is 11.9 Å². The summed E-state index contributed by atoms with van der Waals surface area (Å²) in [6, 6.07) is 11.2. The lowest BCUT2D eigenvalue weighted by molar-refractivity contribution is 0.0503. The Balaban J connectivity index is 2.11. The highest BCUT2D eigenvalue weighted by Crippen LogP contribution is 2.26. The number of hydrogen-bond acceptors (Lipinski definition) is 5. The fraction of sp³-hybridized carbons (Fsp3) is 0.222. The number of rotatable bonds is 6. The Labute approximate surface area is 148 Å². The molecule has 0 saturated carbocycles. The first-order chi connectivity index (χ1) is 11.5. The van der Waals surface area contributed by atoms with E-state index in [-0.39, 0.29) is 5.75 Å². The van der Waals surface area contributed by atoms with Crippen molar-refractivity contribution in [2.45, 2.75) is 13.3 Å². The maximum absolute atomic E-state index is 12.2. The third-order valence-electron chi connectivity index (χ3n) is 3.11. The fourth-order valence-electron chi connectivity index (χ4n) is 1.92. The van der Waals surface area contributed by atoms with Crippen molar-refractivity contribution in [2.75, 3.05) is 13.7 Å². The predicted molar refractivity (Wildman–Crippen MR) is 92.7 cm³/mol. The minimum atomic E-state index is -0.530. The summed E-state index contributed by atoms with van der Waals surface area (Å²) in [6.45, 7) is 2.27. The van der Waals surface area contributed by atoms with Crippen LogP contribution >= 0.6 is 15.9 Å². The van der Waals surface area contributed by atoms with Crippen molar-refractivity contribution in [3.8, 4) is 11.5 Å². The van der Waals surface area contributed by atoms with E-state index in [2.05, 4.69) is 15.9 Å². The average molecular weight is 393 g/mol. The lowest BCUT2D eigenvalue weighted by atomic mass is 10.2. The van der Waals surface area contributed by atoms with E-state index in [1.54, 1.807) is 43.5 Å². The van der Waals surface area contributed by atoms with Crippen LogP contribution in [0.3, 0.4) is 0 Å². The van der Waals surface area contributed by atoms with Gasteiger partial charge >= 0.3 is 11.9 Å². The molecule has 0 fully saturated rings. The molecule has 24 heavy (non-hydrogen) atoms. The van der Waals surface area contributed by atoms with Crippen LogP contribution in [0, 0.1) is 0 Å². The zero-order valence-electron chi connectivity index (χ0n) is 13.4. The highest BCUT2D eigenvalue weighted by atomic mass is 79.9. The molecule has 0 N–H and O–H groups in total. The quantitative estimate of drug-likeness (QED) is 0.543. The van der Waals surface area contributed by atoms with Crippen LogP contribution in [0.25, 0.3) is 0 Å². The Hall–Kier alpha value is -2.34. The van der Waals surface area contributed by atoms with Gasteiger partial charge in [0.05, 0.1) is 29.3 Å². The number of hydrogen-bond donors (Lipinski definition) is 0. The van der Waals surface area contributed by atoms with E-state index in [4.69, 9.17) is 14.2 Å². The second kappa shape index (κ2) is 8.49. The van der Waals surface area contributed by atoms with Gasteiger partial charge in [-0.05, 0) is 58.7 Å². The van der Waals surface area contributed by atoms with Crippen molar-refractivity contribution in [1.82, 2.24) is 0 Å². The van der Waals surface area contributed by atoms with Crippen LogP contribution in [0.4, 0.5) is 0 Å². The maximum Gasteiger partial charge on any atom is 0.343 e. The van der Waals surface area contributed by atoms with Crippen LogP contribution in [0.2, 0.25) is 0 Å². The Kier molecular flexibility index (Phi) is 6.37. The summed E-state index contributed by atoms with van der Waals surface area (Å²) in [5, 5.41) is 0. The Bertz CT molecular complexity index is 742. The molecule has 6 heteroatoms. The standard InChI is InChI=1S/C18H17BrO5/c1-3-9-23-17(20)12-5-4-6-14(10-12)24-18(21)13-7-8-16(22-2)15(19)11-13/h4-8,10-11H,3,9H2,1-2H3. The minimum absolute atomic E-state index is 0.276. The van der Waals surface area contributed by atoms with Crippen LogP contribution in [-0.2, 0) is 4.74 Å². The molecule has 0 unspecified atom stereocenters. The highest BCUT2D eigenvalue weighted by Gasteiger charge is 2.13. The van der Waals surface area contributed by atoms with Crippen molar-refractivity contribution in [3.63, 3.8) is 0 Å². The van der Waals surface area contributed by atoms with E-state index in [1.807, 2.05) is 6.92 Å². The molecule has 0 bridgehead atoms. The van der Waals surface area contributed by atoms with Crippen molar-refractivity contribution in [2.24, 2.45) is 0 Å². The van der Waals surface area contributed by atoms with Gasteiger partial charge in [-0.25, -0.2) is 9.59 Å². The second-order valence-corrected chi connectivity index (χ2v) is 5.76. The van der Waals surface area contributed by atoms with Crippen LogP contribution < -0.4 is 9.47 Å². The van der Waals surface area contributed by atoms with Gasteiger partial charge in [-0.1, -0.05) is 13.0 Å². The number of ether oxygens (including phenoxy) is 3. The van der Waals surface area contributed by atoms with Gasteiger partial charge in [0.25, 0.3) is 0 Å². The van der Waals surface area contributed by atoms with Crippen molar-refractivity contribution in [3.05, 3.63) is 58.1 Å². The van der Waals surface area contributed by atoms with Gasteiger partial charge in [0.15, 0.2) is 0 Å². The average Bonchev–Trinajstić information content (AvgIpc) is 2.59. The molecule has 2 aromatic carbocycles. The summed E-state index contributed by atoms with van der Waals surface area (Å²) in [6.07, 6.45) is 0.743. The van der Waals surface area contributed by atoms with Crippen LogP contribution in [0.15, 0.2) is 46.9 Å². The predicted octanol–water partition coefficient (Wildman–Crippen LogP) is 4.24. The maximum atomic E-state index is 12.2. The summed E-state index contributed by atoms with van der Waals surface area (Å²) in [4.78, 5) is 24.1. The molecule has 2 rings (SSSR count). The summed E-state index contributed by atoms with van der Waals surface area (Å²) in [5.74, 6) is -0.0792. The Morgan fingerprint density at radius 2 is 1.79 bits per heavy atom. The molecule has 0 heterocycles. The molecule has 0 radical (unpaired) electrons. The van der Waals surface area contributed by atoms with Crippen molar-refractivity contribution in [1.29, 1.82) is 0 Å². The summed E-state index contributed by atoms with van der Waals surface area (Å²) in [7, 11) is 1.54. The molecular formula is C18H17BrO5. The van der Waals surface area contributed by atoms with E-state index in [1.165, 1.54) is 6.07 Å². The van der Waals surface area contributed by atoms with Gasteiger partial charge in [0.1, 0.15) is 11.5 Å².